The van der Waals surface area contributed by atoms with E-state index in [2.05, 4.69) is 14.9 Å². The van der Waals surface area contributed by atoms with Gasteiger partial charge >= 0.3 is 0 Å². The minimum absolute atomic E-state index is 0.0423. The highest BCUT2D eigenvalue weighted by Gasteiger charge is 2.23. The largest absolute Gasteiger partial charge is 0.390 e. The molecule has 14 heavy (non-hydrogen) atoms. The van der Waals surface area contributed by atoms with Crippen LogP contribution in [0.2, 0.25) is 0 Å². The van der Waals surface area contributed by atoms with Crippen molar-refractivity contribution in [3.05, 3.63) is 18.1 Å². The van der Waals surface area contributed by atoms with Gasteiger partial charge in [0.25, 0.3) is 0 Å². The zero-order valence-corrected chi connectivity index (χ0v) is 8.35. The maximum absolute atomic E-state index is 8.93. The number of aliphatic hydroxyl groups excluding tert-OH is 1. The number of aromatic nitrogens is 2. The molecule has 0 bridgehead atoms. The number of anilines is 1. The van der Waals surface area contributed by atoms with Crippen molar-refractivity contribution < 1.29 is 5.11 Å². The van der Waals surface area contributed by atoms with E-state index in [9.17, 15) is 0 Å². The van der Waals surface area contributed by atoms with Crippen molar-refractivity contribution in [2.45, 2.75) is 31.9 Å². The Balaban J connectivity index is 2.13. The van der Waals surface area contributed by atoms with Crippen LogP contribution in [0.3, 0.4) is 0 Å². The molecule has 0 aromatic carbocycles. The number of hydrogen-bond acceptors (Lipinski definition) is 4. The molecule has 1 aliphatic rings. The summed E-state index contributed by atoms with van der Waals surface area (Å²) in [6.45, 7) is -0.0423. The molecule has 0 amide bonds. The third-order valence-corrected chi connectivity index (χ3v) is 2.82. The van der Waals surface area contributed by atoms with Gasteiger partial charge in [-0.3, -0.25) is 4.98 Å². The third kappa shape index (κ3) is 1.70. The SMILES string of the molecule is CN(c1cncc(CO)n1)C1CCC1. The van der Waals surface area contributed by atoms with E-state index in [0.717, 1.165) is 5.82 Å². The summed E-state index contributed by atoms with van der Waals surface area (Å²) < 4.78 is 0. The summed E-state index contributed by atoms with van der Waals surface area (Å²) in [6.07, 6.45) is 7.13. The molecule has 1 heterocycles. The minimum Gasteiger partial charge on any atom is -0.390 e. The molecule has 0 unspecified atom stereocenters. The molecule has 1 aromatic heterocycles. The molecule has 1 saturated carbocycles. The summed E-state index contributed by atoms with van der Waals surface area (Å²) >= 11 is 0. The van der Waals surface area contributed by atoms with E-state index < -0.39 is 0 Å². The molecule has 4 heteroatoms. The molecule has 0 atom stereocenters. The molecular weight excluding hydrogens is 178 g/mol. The maximum Gasteiger partial charge on any atom is 0.147 e. The van der Waals surface area contributed by atoms with Gasteiger partial charge in [0.05, 0.1) is 24.7 Å². The second kappa shape index (κ2) is 3.92. The van der Waals surface area contributed by atoms with Gasteiger partial charge < -0.3 is 10.0 Å². The average molecular weight is 193 g/mol. The van der Waals surface area contributed by atoms with Crippen molar-refractivity contribution in [1.29, 1.82) is 0 Å². The van der Waals surface area contributed by atoms with Crippen LogP contribution >= 0.6 is 0 Å². The van der Waals surface area contributed by atoms with Crippen molar-refractivity contribution in [3.8, 4) is 0 Å². The first-order chi connectivity index (χ1) is 6.81. The Bertz CT molecular complexity index is 312. The summed E-state index contributed by atoms with van der Waals surface area (Å²) in [5.41, 5.74) is 0.633. The van der Waals surface area contributed by atoms with Gasteiger partial charge in [0, 0.05) is 13.1 Å². The van der Waals surface area contributed by atoms with Gasteiger partial charge in [0.2, 0.25) is 0 Å². The fourth-order valence-electron chi connectivity index (χ4n) is 1.60. The zero-order chi connectivity index (χ0) is 9.97. The molecular formula is C10H15N3O. The Morgan fingerprint density at radius 2 is 2.29 bits per heavy atom. The van der Waals surface area contributed by atoms with Crippen molar-refractivity contribution in [2.75, 3.05) is 11.9 Å². The van der Waals surface area contributed by atoms with Crippen LogP contribution in [0.4, 0.5) is 5.82 Å². The standard InChI is InChI=1S/C10H15N3O/c1-13(9-3-2-4-9)10-6-11-5-8(7-14)12-10/h5-6,9,14H,2-4,7H2,1H3. The number of nitrogens with zero attached hydrogens (tertiary/aromatic N) is 3. The molecule has 0 saturated heterocycles. The van der Waals surface area contributed by atoms with Crippen LogP contribution in [0.1, 0.15) is 25.0 Å². The lowest BCUT2D eigenvalue weighted by Crippen LogP contribution is -2.37. The lowest BCUT2D eigenvalue weighted by atomic mass is 9.92. The van der Waals surface area contributed by atoms with E-state index >= 15 is 0 Å². The van der Waals surface area contributed by atoms with E-state index in [1.54, 1.807) is 12.4 Å². The van der Waals surface area contributed by atoms with Crippen LogP contribution in [0.25, 0.3) is 0 Å². The quantitative estimate of drug-likeness (QED) is 0.776. The second-order valence-corrected chi connectivity index (χ2v) is 3.72. The van der Waals surface area contributed by atoms with Gasteiger partial charge in [-0.15, -0.1) is 0 Å². The summed E-state index contributed by atoms with van der Waals surface area (Å²) in [7, 11) is 2.04. The van der Waals surface area contributed by atoms with Crippen LogP contribution < -0.4 is 4.90 Å². The van der Waals surface area contributed by atoms with Gasteiger partial charge in [0.1, 0.15) is 5.82 Å². The van der Waals surface area contributed by atoms with E-state index in [1.165, 1.54) is 19.3 Å². The Kier molecular flexibility index (Phi) is 2.63. The predicted molar refractivity (Wildman–Crippen MR) is 54.0 cm³/mol. The van der Waals surface area contributed by atoms with Crippen LogP contribution in [-0.4, -0.2) is 28.2 Å². The van der Waals surface area contributed by atoms with Gasteiger partial charge in [0.15, 0.2) is 0 Å². The second-order valence-electron chi connectivity index (χ2n) is 3.72. The lowest BCUT2D eigenvalue weighted by molar-refractivity contribution is 0.276. The van der Waals surface area contributed by atoms with Crippen LogP contribution in [0.15, 0.2) is 12.4 Å². The normalized spacial score (nSPS) is 16.4. The topological polar surface area (TPSA) is 49.2 Å². The number of rotatable bonds is 3. The van der Waals surface area contributed by atoms with Crippen LogP contribution in [0.5, 0.6) is 0 Å². The molecule has 1 N–H and O–H groups in total. The smallest absolute Gasteiger partial charge is 0.147 e. The summed E-state index contributed by atoms with van der Waals surface area (Å²) in [5.74, 6) is 0.862. The zero-order valence-electron chi connectivity index (χ0n) is 8.35. The monoisotopic (exact) mass is 193 g/mol. The molecule has 1 aromatic rings. The molecule has 1 fully saturated rings. The fraction of sp³-hybridized carbons (Fsp3) is 0.600. The first-order valence-electron chi connectivity index (χ1n) is 4.96. The average Bonchev–Trinajstić information content (AvgIpc) is 2.15. The molecule has 4 nitrogen and oxygen atoms in total. The number of hydrogen-bond donors (Lipinski definition) is 1. The first-order valence-corrected chi connectivity index (χ1v) is 4.96. The van der Waals surface area contributed by atoms with E-state index in [0.29, 0.717) is 11.7 Å². The molecule has 76 valence electrons. The van der Waals surface area contributed by atoms with Crippen molar-refractivity contribution >= 4 is 5.82 Å². The Morgan fingerprint density at radius 3 is 2.86 bits per heavy atom. The van der Waals surface area contributed by atoms with Gasteiger partial charge in [-0.2, -0.15) is 0 Å². The molecule has 1 aliphatic carbocycles. The Morgan fingerprint density at radius 1 is 1.50 bits per heavy atom. The molecule has 0 aliphatic heterocycles. The van der Waals surface area contributed by atoms with Crippen molar-refractivity contribution in [2.24, 2.45) is 0 Å². The molecule has 2 rings (SSSR count). The van der Waals surface area contributed by atoms with Gasteiger partial charge in [-0.1, -0.05) is 0 Å². The van der Waals surface area contributed by atoms with E-state index in [4.69, 9.17) is 5.11 Å². The summed E-state index contributed by atoms with van der Waals surface area (Å²) in [5, 5.41) is 8.93. The lowest BCUT2D eigenvalue weighted by Gasteiger charge is -2.35. The van der Waals surface area contributed by atoms with Crippen molar-refractivity contribution in [1.82, 2.24) is 9.97 Å². The minimum atomic E-state index is -0.0423. The summed E-state index contributed by atoms with van der Waals surface area (Å²) in [6, 6.07) is 0.609. The van der Waals surface area contributed by atoms with Crippen molar-refractivity contribution in [3.63, 3.8) is 0 Å². The third-order valence-electron chi connectivity index (χ3n) is 2.82. The van der Waals surface area contributed by atoms with Crippen LogP contribution in [0, 0.1) is 0 Å². The Hall–Kier alpha value is -1.16. The highest BCUT2D eigenvalue weighted by Crippen LogP contribution is 2.26. The maximum atomic E-state index is 8.93. The first kappa shape index (κ1) is 9.40. The van der Waals surface area contributed by atoms with E-state index in [-0.39, 0.29) is 6.61 Å². The molecule has 0 spiro atoms. The summed E-state index contributed by atoms with van der Waals surface area (Å²) in [4.78, 5) is 10.5. The number of aliphatic hydroxyl groups is 1. The van der Waals surface area contributed by atoms with Gasteiger partial charge in [-0.25, -0.2) is 4.98 Å². The van der Waals surface area contributed by atoms with Gasteiger partial charge in [-0.05, 0) is 19.3 Å². The molecule has 0 radical (unpaired) electrons. The highest BCUT2D eigenvalue weighted by molar-refractivity contribution is 5.37. The fourth-order valence-corrected chi connectivity index (χ4v) is 1.60. The predicted octanol–water partition coefficient (Wildman–Crippen LogP) is 0.958. The Labute approximate surface area is 83.6 Å². The van der Waals surface area contributed by atoms with E-state index in [1.807, 2.05) is 7.05 Å². The van der Waals surface area contributed by atoms with Crippen LogP contribution in [-0.2, 0) is 6.61 Å². The highest BCUT2D eigenvalue weighted by atomic mass is 16.3.